The fourth-order valence-corrected chi connectivity index (χ4v) is 3.29. The second kappa shape index (κ2) is 7.71. The van der Waals surface area contributed by atoms with Gasteiger partial charge < -0.3 is 4.90 Å². The standard InChI is InChI=1S/C19H31N/c1-4-5-6-17-11-13-20(14-12-17)19-9-7-18(8-10-19)15-16(2)3/h7-10,16-17H,4-6,11-15H2,1-3H3. The fraction of sp³-hybridized carbons (Fsp3) is 0.684. The van der Waals surface area contributed by atoms with Crippen molar-refractivity contribution < 1.29 is 0 Å². The average molecular weight is 273 g/mol. The van der Waals surface area contributed by atoms with Crippen molar-refractivity contribution in [1.29, 1.82) is 0 Å². The average Bonchev–Trinajstić information content (AvgIpc) is 2.46. The Bertz CT molecular complexity index is 371. The van der Waals surface area contributed by atoms with E-state index >= 15 is 0 Å². The third-order valence-electron chi connectivity index (χ3n) is 4.53. The third kappa shape index (κ3) is 4.54. The third-order valence-corrected chi connectivity index (χ3v) is 4.53. The molecule has 1 heteroatoms. The quantitative estimate of drug-likeness (QED) is 0.680. The van der Waals surface area contributed by atoms with E-state index in [-0.39, 0.29) is 0 Å². The minimum Gasteiger partial charge on any atom is -0.372 e. The van der Waals surface area contributed by atoms with Gasteiger partial charge in [-0.3, -0.25) is 0 Å². The van der Waals surface area contributed by atoms with E-state index in [9.17, 15) is 0 Å². The summed E-state index contributed by atoms with van der Waals surface area (Å²) >= 11 is 0. The molecule has 0 N–H and O–H groups in total. The topological polar surface area (TPSA) is 3.24 Å². The van der Waals surface area contributed by atoms with Crippen molar-refractivity contribution in [3.8, 4) is 0 Å². The van der Waals surface area contributed by atoms with Crippen LogP contribution in [-0.4, -0.2) is 13.1 Å². The van der Waals surface area contributed by atoms with Gasteiger partial charge in [-0.05, 0) is 48.8 Å². The number of hydrogen-bond acceptors (Lipinski definition) is 1. The SMILES string of the molecule is CCCCC1CCN(c2ccc(CC(C)C)cc2)CC1. The van der Waals surface area contributed by atoms with Crippen LogP contribution in [-0.2, 0) is 6.42 Å². The molecule has 0 aliphatic carbocycles. The summed E-state index contributed by atoms with van der Waals surface area (Å²) in [5, 5.41) is 0. The van der Waals surface area contributed by atoms with Gasteiger partial charge >= 0.3 is 0 Å². The largest absolute Gasteiger partial charge is 0.372 e. The van der Waals surface area contributed by atoms with Crippen molar-refractivity contribution >= 4 is 5.69 Å². The van der Waals surface area contributed by atoms with Crippen LogP contribution in [0.3, 0.4) is 0 Å². The van der Waals surface area contributed by atoms with Crippen LogP contribution in [0.2, 0.25) is 0 Å². The minimum absolute atomic E-state index is 0.746. The molecule has 2 rings (SSSR count). The van der Waals surface area contributed by atoms with Crippen LogP contribution in [0.4, 0.5) is 5.69 Å². The highest BCUT2D eigenvalue weighted by molar-refractivity contribution is 5.48. The van der Waals surface area contributed by atoms with E-state index < -0.39 is 0 Å². The van der Waals surface area contributed by atoms with Gasteiger partial charge in [0.05, 0.1) is 0 Å². The summed E-state index contributed by atoms with van der Waals surface area (Å²) in [6.07, 6.45) is 8.16. The van der Waals surface area contributed by atoms with E-state index in [2.05, 4.69) is 49.9 Å². The molecule has 1 saturated heterocycles. The number of rotatable bonds is 6. The molecular formula is C19H31N. The molecule has 0 bridgehead atoms. The normalized spacial score (nSPS) is 16.9. The zero-order valence-corrected chi connectivity index (χ0v) is 13.6. The molecule has 1 aliphatic heterocycles. The number of unbranched alkanes of at least 4 members (excludes halogenated alkanes) is 1. The molecule has 1 fully saturated rings. The summed E-state index contributed by atoms with van der Waals surface area (Å²) in [6, 6.07) is 9.28. The Kier molecular flexibility index (Phi) is 5.94. The van der Waals surface area contributed by atoms with Gasteiger partial charge in [0.2, 0.25) is 0 Å². The van der Waals surface area contributed by atoms with Gasteiger partial charge in [0.1, 0.15) is 0 Å². The predicted octanol–water partition coefficient (Wildman–Crippen LogP) is 5.29. The number of benzene rings is 1. The Morgan fingerprint density at radius 3 is 2.30 bits per heavy atom. The molecule has 0 radical (unpaired) electrons. The van der Waals surface area contributed by atoms with Gasteiger partial charge in [-0.25, -0.2) is 0 Å². The van der Waals surface area contributed by atoms with E-state index in [1.807, 2.05) is 0 Å². The van der Waals surface area contributed by atoms with Gasteiger partial charge in [0, 0.05) is 18.8 Å². The first kappa shape index (κ1) is 15.4. The van der Waals surface area contributed by atoms with Crippen LogP contribution < -0.4 is 4.90 Å². The van der Waals surface area contributed by atoms with Gasteiger partial charge in [0.25, 0.3) is 0 Å². The molecule has 0 atom stereocenters. The van der Waals surface area contributed by atoms with E-state index in [4.69, 9.17) is 0 Å². The molecule has 0 amide bonds. The number of anilines is 1. The Hall–Kier alpha value is -0.980. The van der Waals surface area contributed by atoms with E-state index in [1.165, 1.54) is 62.9 Å². The second-order valence-corrected chi connectivity index (χ2v) is 6.84. The van der Waals surface area contributed by atoms with Crippen LogP contribution in [0.1, 0.15) is 58.4 Å². The molecule has 1 aromatic rings. The van der Waals surface area contributed by atoms with E-state index in [1.54, 1.807) is 0 Å². The molecule has 1 heterocycles. The summed E-state index contributed by atoms with van der Waals surface area (Å²) in [7, 11) is 0. The molecule has 0 unspecified atom stereocenters. The van der Waals surface area contributed by atoms with Gasteiger partial charge in [-0.2, -0.15) is 0 Å². The summed E-state index contributed by atoms with van der Waals surface area (Å²) in [5.41, 5.74) is 2.90. The zero-order valence-electron chi connectivity index (χ0n) is 13.6. The van der Waals surface area contributed by atoms with Crippen molar-refractivity contribution in [3.63, 3.8) is 0 Å². The van der Waals surface area contributed by atoms with Crippen LogP contribution in [0.5, 0.6) is 0 Å². The molecule has 0 aromatic heterocycles. The fourth-order valence-electron chi connectivity index (χ4n) is 3.29. The summed E-state index contributed by atoms with van der Waals surface area (Å²) in [4.78, 5) is 2.57. The number of nitrogens with zero attached hydrogens (tertiary/aromatic N) is 1. The highest BCUT2D eigenvalue weighted by Crippen LogP contribution is 2.26. The smallest absolute Gasteiger partial charge is 0.0366 e. The van der Waals surface area contributed by atoms with Gasteiger partial charge in [0.15, 0.2) is 0 Å². The number of piperidine rings is 1. The Morgan fingerprint density at radius 1 is 1.10 bits per heavy atom. The Balaban J connectivity index is 1.84. The van der Waals surface area contributed by atoms with Crippen LogP contribution >= 0.6 is 0 Å². The summed E-state index contributed by atoms with van der Waals surface area (Å²) < 4.78 is 0. The van der Waals surface area contributed by atoms with E-state index in [0.717, 1.165) is 11.8 Å². The molecule has 1 aliphatic rings. The molecule has 1 nitrogen and oxygen atoms in total. The maximum atomic E-state index is 2.57. The predicted molar refractivity (Wildman–Crippen MR) is 89.4 cm³/mol. The van der Waals surface area contributed by atoms with Crippen molar-refractivity contribution in [1.82, 2.24) is 0 Å². The lowest BCUT2D eigenvalue weighted by Gasteiger charge is -2.33. The molecular weight excluding hydrogens is 242 g/mol. The molecule has 112 valence electrons. The highest BCUT2D eigenvalue weighted by atomic mass is 15.1. The molecule has 0 saturated carbocycles. The monoisotopic (exact) mass is 273 g/mol. The lowest BCUT2D eigenvalue weighted by molar-refractivity contribution is 0.371. The van der Waals surface area contributed by atoms with Gasteiger partial charge in [-0.15, -0.1) is 0 Å². The first-order valence-electron chi connectivity index (χ1n) is 8.53. The van der Waals surface area contributed by atoms with Crippen LogP contribution in [0.25, 0.3) is 0 Å². The molecule has 20 heavy (non-hydrogen) atoms. The minimum atomic E-state index is 0.746. The lowest BCUT2D eigenvalue weighted by Crippen LogP contribution is -2.33. The first-order chi connectivity index (χ1) is 9.69. The molecule has 0 spiro atoms. The Morgan fingerprint density at radius 2 is 1.75 bits per heavy atom. The Labute approximate surface area is 125 Å². The van der Waals surface area contributed by atoms with Crippen molar-refractivity contribution in [2.75, 3.05) is 18.0 Å². The highest BCUT2D eigenvalue weighted by Gasteiger charge is 2.18. The summed E-state index contributed by atoms with van der Waals surface area (Å²) in [6.45, 7) is 9.37. The van der Waals surface area contributed by atoms with Crippen LogP contribution in [0, 0.1) is 11.8 Å². The lowest BCUT2D eigenvalue weighted by atomic mass is 9.91. The van der Waals surface area contributed by atoms with Crippen molar-refractivity contribution in [2.45, 2.75) is 59.3 Å². The molecule has 1 aromatic carbocycles. The maximum absolute atomic E-state index is 2.57. The second-order valence-electron chi connectivity index (χ2n) is 6.84. The maximum Gasteiger partial charge on any atom is 0.0366 e. The van der Waals surface area contributed by atoms with Crippen LogP contribution in [0.15, 0.2) is 24.3 Å². The van der Waals surface area contributed by atoms with Crippen molar-refractivity contribution in [2.24, 2.45) is 11.8 Å². The first-order valence-corrected chi connectivity index (χ1v) is 8.53. The summed E-state index contributed by atoms with van der Waals surface area (Å²) in [5.74, 6) is 1.72. The van der Waals surface area contributed by atoms with Crippen molar-refractivity contribution in [3.05, 3.63) is 29.8 Å². The van der Waals surface area contributed by atoms with E-state index in [0.29, 0.717) is 0 Å². The van der Waals surface area contributed by atoms with Gasteiger partial charge in [-0.1, -0.05) is 52.2 Å². The number of hydrogen-bond donors (Lipinski definition) is 0. The zero-order chi connectivity index (χ0) is 14.4.